The Morgan fingerprint density at radius 1 is 1.33 bits per heavy atom. The fraction of sp³-hybridized carbons (Fsp3) is 0.267. The van der Waals surface area contributed by atoms with Crippen LogP contribution < -0.4 is 5.32 Å². The van der Waals surface area contributed by atoms with E-state index < -0.39 is 0 Å². The van der Waals surface area contributed by atoms with Crippen molar-refractivity contribution in [2.24, 2.45) is 0 Å². The number of nitrogens with one attached hydrogen (secondary N) is 1. The minimum absolute atomic E-state index is 0.0968. The molecular formula is C15H16N4O2. The molecule has 108 valence electrons. The van der Waals surface area contributed by atoms with E-state index in [1.165, 1.54) is 0 Å². The van der Waals surface area contributed by atoms with Gasteiger partial charge < -0.3 is 14.4 Å². The molecule has 0 aliphatic heterocycles. The van der Waals surface area contributed by atoms with Crippen molar-refractivity contribution in [3.05, 3.63) is 41.9 Å². The molecule has 6 nitrogen and oxygen atoms in total. The van der Waals surface area contributed by atoms with Crippen molar-refractivity contribution in [3.63, 3.8) is 0 Å². The van der Waals surface area contributed by atoms with Gasteiger partial charge in [0, 0.05) is 19.0 Å². The quantitative estimate of drug-likeness (QED) is 0.799. The number of anilines is 1. The largest absolute Gasteiger partial charge is 0.360 e. The molecule has 1 N–H and O–H groups in total. The first-order chi connectivity index (χ1) is 10.1. The SMILES string of the molecule is Cc1cc(NC(=O)CCn2c(C)nc3ccccc32)no1. The number of hydrogen-bond acceptors (Lipinski definition) is 4. The Labute approximate surface area is 121 Å². The summed E-state index contributed by atoms with van der Waals surface area (Å²) in [4.78, 5) is 16.4. The number of nitrogens with zero attached hydrogens (tertiary/aromatic N) is 3. The van der Waals surface area contributed by atoms with E-state index in [1.807, 2.05) is 35.8 Å². The first kappa shape index (κ1) is 13.4. The summed E-state index contributed by atoms with van der Waals surface area (Å²) < 4.78 is 6.96. The normalized spacial score (nSPS) is 11.0. The summed E-state index contributed by atoms with van der Waals surface area (Å²) in [6.45, 7) is 4.30. The fourth-order valence-corrected chi connectivity index (χ4v) is 2.32. The monoisotopic (exact) mass is 284 g/mol. The van der Waals surface area contributed by atoms with Crippen molar-refractivity contribution in [2.45, 2.75) is 26.8 Å². The van der Waals surface area contributed by atoms with Gasteiger partial charge in [0.2, 0.25) is 5.91 Å². The lowest BCUT2D eigenvalue weighted by molar-refractivity contribution is -0.116. The standard InChI is InChI=1S/C15H16N4O2/c1-10-9-14(18-21-10)17-15(20)7-8-19-11(2)16-12-5-3-4-6-13(12)19/h3-6,9H,7-8H2,1-2H3,(H,17,18,20). The minimum Gasteiger partial charge on any atom is -0.360 e. The molecule has 0 aliphatic carbocycles. The lowest BCUT2D eigenvalue weighted by atomic mass is 10.3. The molecule has 0 atom stereocenters. The third kappa shape index (κ3) is 2.79. The maximum Gasteiger partial charge on any atom is 0.227 e. The summed E-state index contributed by atoms with van der Waals surface area (Å²) in [6.07, 6.45) is 0.354. The zero-order valence-corrected chi connectivity index (χ0v) is 12.0. The third-order valence-corrected chi connectivity index (χ3v) is 3.30. The van der Waals surface area contributed by atoms with Crippen molar-refractivity contribution >= 4 is 22.8 Å². The van der Waals surface area contributed by atoms with Crippen LogP contribution in [0.3, 0.4) is 0 Å². The highest BCUT2D eigenvalue weighted by Gasteiger charge is 2.10. The van der Waals surface area contributed by atoms with E-state index in [9.17, 15) is 4.79 Å². The molecule has 3 rings (SSSR count). The highest BCUT2D eigenvalue weighted by molar-refractivity contribution is 5.89. The third-order valence-electron chi connectivity index (χ3n) is 3.30. The van der Waals surface area contributed by atoms with Gasteiger partial charge >= 0.3 is 0 Å². The van der Waals surface area contributed by atoms with E-state index in [0.717, 1.165) is 16.9 Å². The Morgan fingerprint density at radius 2 is 2.14 bits per heavy atom. The fourth-order valence-electron chi connectivity index (χ4n) is 2.32. The number of benzene rings is 1. The van der Waals surface area contributed by atoms with Gasteiger partial charge in [0.15, 0.2) is 5.82 Å². The minimum atomic E-state index is -0.0968. The molecule has 1 aromatic carbocycles. The number of fused-ring (bicyclic) bond motifs is 1. The van der Waals surface area contributed by atoms with Gasteiger partial charge in [0.1, 0.15) is 11.6 Å². The summed E-state index contributed by atoms with van der Waals surface area (Å²) in [6, 6.07) is 9.60. The predicted molar refractivity (Wildman–Crippen MR) is 79.0 cm³/mol. The van der Waals surface area contributed by atoms with Gasteiger partial charge in [-0.15, -0.1) is 0 Å². The number of amides is 1. The first-order valence-corrected chi connectivity index (χ1v) is 6.78. The highest BCUT2D eigenvalue weighted by Crippen LogP contribution is 2.16. The van der Waals surface area contributed by atoms with E-state index in [-0.39, 0.29) is 5.91 Å². The summed E-state index contributed by atoms with van der Waals surface area (Å²) in [5.41, 5.74) is 1.99. The maximum atomic E-state index is 11.9. The van der Waals surface area contributed by atoms with Gasteiger partial charge in [-0.25, -0.2) is 4.98 Å². The highest BCUT2D eigenvalue weighted by atomic mass is 16.5. The maximum absolute atomic E-state index is 11.9. The van der Waals surface area contributed by atoms with Crippen molar-refractivity contribution in [1.29, 1.82) is 0 Å². The summed E-state index contributed by atoms with van der Waals surface area (Å²) in [7, 11) is 0. The Bertz CT molecular complexity index is 788. The number of rotatable bonds is 4. The van der Waals surface area contributed by atoms with Crippen LogP contribution in [0.2, 0.25) is 0 Å². The number of aromatic nitrogens is 3. The molecule has 0 saturated heterocycles. The zero-order chi connectivity index (χ0) is 14.8. The van der Waals surface area contributed by atoms with Gasteiger partial charge in [0.05, 0.1) is 11.0 Å². The topological polar surface area (TPSA) is 73.0 Å². The second-order valence-electron chi connectivity index (χ2n) is 4.92. The van der Waals surface area contributed by atoms with Crippen LogP contribution in [0.5, 0.6) is 0 Å². The molecule has 3 aromatic rings. The molecule has 0 spiro atoms. The molecular weight excluding hydrogens is 268 g/mol. The van der Waals surface area contributed by atoms with E-state index in [2.05, 4.69) is 15.5 Å². The van der Waals surface area contributed by atoms with Crippen LogP contribution in [-0.4, -0.2) is 20.6 Å². The van der Waals surface area contributed by atoms with E-state index in [0.29, 0.717) is 24.5 Å². The summed E-state index contributed by atoms with van der Waals surface area (Å²) in [5.74, 6) is 1.92. The lowest BCUT2D eigenvalue weighted by Gasteiger charge is -2.06. The Kier molecular flexibility index (Phi) is 3.43. The molecule has 0 unspecified atom stereocenters. The van der Waals surface area contributed by atoms with Crippen molar-refractivity contribution < 1.29 is 9.32 Å². The van der Waals surface area contributed by atoms with Crippen LogP contribution in [0.25, 0.3) is 11.0 Å². The van der Waals surface area contributed by atoms with E-state index >= 15 is 0 Å². The van der Waals surface area contributed by atoms with Gasteiger partial charge in [0.25, 0.3) is 0 Å². The second-order valence-corrected chi connectivity index (χ2v) is 4.92. The predicted octanol–water partition coefficient (Wildman–Crippen LogP) is 2.67. The van der Waals surface area contributed by atoms with Gasteiger partial charge in [-0.1, -0.05) is 17.3 Å². The summed E-state index contributed by atoms with van der Waals surface area (Å²) >= 11 is 0. The van der Waals surface area contributed by atoms with Crippen molar-refractivity contribution in [2.75, 3.05) is 5.32 Å². The molecule has 0 radical (unpaired) electrons. The molecule has 2 aromatic heterocycles. The molecule has 0 saturated carbocycles. The Morgan fingerprint density at radius 3 is 2.90 bits per heavy atom. The van der Waals surface area contributed by atoms with Crippen LogP contribution >= 0.6 is 0 Å². The van der Waals surface area contributed by atoms with Gasteiger partial charge in [-0.05, 0) is 26.0 Å². The van der Waals surface area contributed by atoms with Crippen LogP contribution in [-0.2, 0) is 11.3 Å². The zero-order valence-electron chi connectivity index (χ0n) is 12.0. The van der Waals surface area contributed by atoms with Crippen molar-refractivity contribution in [1.82, 2.24) is 14.7 Å². The van der Waals surface area contributed by atoms with Crippen LogP contribution in [0.4, 0.5) is 5.82 Å². The number of imidazole rings is 1. The van der Waals surface area contributed by atoms with Crippen LogP contribution in [0.1, 0.15) is 18.0 Å². The molecule has 21 heavy (non-hydrogen) atoms. The number of carbonyl (C=O) groups is 1. The van der Waals surface area contributed by atoms with Crippen molar-refractivity contribution in [3.8, 4) is 0 Å². The average Bonchev–Trinajstić information content (AvgIpc) is 2.99. The molecule has 2 heterocycles. The van der Waals surface area contributed by atoms with E-state index in [1.54, 1.807) is 13.0 Å². The molecule has 0 bridgehead atoms. The Balaban J connectivity index is 1.69. The number of para-hydroxylation sites is 2. The molecule has 0 aliphatic rings. The first-order valence-electron chi connectivity index (χ1n) is 6.78. The van der Waals surface area contributed by atoms with Crippen LogP contribution in [0.15, 0.2) is 34.9 Å². The van der Waals surface area contributed by atoms with Gasteiger partial charge in [-0.3, -0.25) is 4.79 Å². The van der Waals surface area contributed by atoms with Crippen LogP contribution in [0, 0.1) is 13.8 Å². The molecule has 0 fully saturated rings. The van der Waals surface area contributed by atoms with Gasteiger partial charge in [-0.2, -0.15) is 0 Å². The smallest absolute Gasteiger partial charge is 0.227 e. The number of aryl methyl sites for hydroxylation is 3. The number of carbonyl (C=O) groups excluding carboxylic acids is 1. The average molecular weight is 284 g/mol. The second kappa shape index (κ2) is 5.40. The number of hydrogen-bond donors (Lipinski definition) is 1. The molecule has 1 amide bonds. The molecule has 6 heteroatoms. The lowest BCUT2D eigenvalue weighted by Crippen LogP contribution is -2.15. The van der Waals surface area contributed by atoms with E-state index in [4.69, 9.17) is 4.52 Å². The Hall–Kier alpha value is -2.63. The summed E-state index contributed by atoms with van der Waals surface area (Å²) in [5, 5.41) is 6.46.